The average molecular weight is 450 g/mol. The number of carbonyl (C=O) groups is 2. The SMILES string of the molecule is CC(=O)O[C@H]1C[C@H](n2cc(C)c(=O)[nH]c2=O)O[C@@H]1COP1OC(=O)c2ccccc2O1. The van der Waals surface area contributed by atoms with E-state index in [1.54, 1.807) is 31.2 Å². The summed E-state index contributed by atoms with van der Waals surface area (Å²) in [5.74, 6) is -0.740. The molecule has 0 aliphatic carbocycles. The fourth-order valence-electron chi connectivity index (χ4n) is 3.28. The lowest BCUT2D eigenvalue weighted by molar-refractivity contribution is -0.150. The molecule has 0 amide bonds. The molecular formula is C19H19N2O9P. The topological polar surface area (TPSA) is 135 Å². The van der Waals surface area contributed by atoms with Crippen molar-refractivity contribution in [1.82, 2.24) is 9.55 Å². The molecule has 12 heteroatoms. The fraction of sp³-hybridized carbons (Fsp3) is 0.368. The van der Waals surface area contributed by atoms with Gasteiger partial charge in [0.25, 0.3) is 5.56 Å². The van der Waals surface area contributed by atoms with E-state index in [9.17, 15) is 19.2 Å². The molecule has 1 aromatic carbocycles. The molecule has 4 atom stereocenters. The number of aromatic nitrogens is 2. The van der Waals surface area contributed by atoms with Gasteiger partial charge in [0.15, 0.2) is 0 Å². The van der Waals surface area contributed by atoms with E-state index in [4.69, 9.17) is 23.0 Å². The highest BCUT2D eigenvalue weighted by Gasteiger charge is 2.41. The molecule has 0 saturated carbocycles. The molecule has 1 saturated heterocycles. The van der Waals surface area contributed by atoms with Crippen LogP contribution in [0.4, 0.5) is 0 Å². The summed E-state index contributed by atoms with van der Waals surface area (Å²) in [5.41, 5.74) is -0.506. The Balaban J connectivity index is 1.47. The van der Waals surface area contributed by atoms with Crippen molar-refractivity contribution in [3.63, 3.8) is 0 Å². The van der Waals surface area contributed by atoms with Gasteiger partial charge in [-0.15, -0.1) is 0 Å². The first-order chi connectivity index (χ1) is 14.8. The molecule has 1 unspecified atom stereocenters. The molecule has 2 aliphatic rings. The number of benzene rings is 1. The summed E-state index contributed by atoms with van der Waals surface area (Å²) in [4.78, 5) is 49.6. The quantitative estimate of drug-likeness (QED) is 0.532. The molecule has 1 aromatic heterocycles. The van der Waals surface area contributed by atoms with Gasteiger partial charge in [0, 0.05) is 25.1 Å². The van der Waals surface area contributed by atoms with Gasteiger partial charge >= 0.3 is 26.2 Å². The van der Waals surface area contributed by atoms with Crippen LogP contribution in [0.3, 0.4) is 0 Å². The van der Waals surface area contributed by atoms with Crippen LogP contribution in [0.15, 0.2) is 40.1 Å². The van der Waals surface area contributed by atoms with E-state index in [2.05, 4.69) is 4.98 Å². The largest absolute Gasteiger partial charge is 0.465 e. The van der Waals surface area contributed by atoms with Crippen LogP contribution in [-0.4, -0.2) is 40.3 Å². The molecule has 4 rings (SSSR count). The first-order valence-electron chi connectivity index (χ1n) is 9.39. The first-order valence-corrected chi connectivity index (χ1v) is 10.5. The molecule has 0 spiro atoms. The van der Waals surface area contributed by atoms with Crippen molar-refractivity contribution in [2.24, 2.45) is 0 Å². The van der Waals surface area contributed by atoms with Crippen LogP contribution in [0, 0.1) is 6.92 Å². The Labute approximate surface area is 176 Å². The lowest BCUT2D eigenvalue weighted by Crippen LogP contribution is -2.33. The van der Waals surface area contributed by atoms with Crippen LogP contribution in [0.2, 0.25) is 0 Å². The minimum Gasteiger partial charge on any atom is -0.460 e. The predicted molar refractivity (Wildman–Crippen MR) is 105 cm³/mol. The number of esters is 1. The number of aromatic amines is 1. The van der Waals surface area contributed by atoms with Gasteiger partial charge < -0.3 is 18.5 Å². The monoisotopic (exact) mass is 450 g/mol. The maximum Gasteiger partial charge on any atom is 0.465 e. The second-order valence-corrected chi connectivity index (χ2v) is 8.05. The smallest absolute Gasteiger partial charge is 0.460 e. The third kappa shape index (κ3) is 4.53. The lowest BCUT2D eigenvalue weighted by Gasteiger charge is -2.24. The second kappa shape index (κ2) is 8.62. The standard InChI is InChI=1S/C19H19N2O9P/c1-10-8-21(19(25)20-17(10)23)16-7-14(27-11(2)22)15(28-16)9-26-31-29-13-6-4-3-5-12(13)18(24)30-31/h3-6,8,14-16H,7,9H2,1-2H3,(H,20,23,25)/t14-,15+,16+,31?/m0/s1. The minimum atomic E-state index is -2.02. The molecule has 31 heavy (non-hydrogen) atoms. The molecule has 1 fully saturated rings. The van der Waals surface area contributed by atoms with Gasteiger partial charge in [-0.05, 0) is 19.1 Å². The normalized spacial score (nSPS) is 24.8. The highest BCUT2D eigenvalue weighted by molar-refractivity contribution is 7.43. The van der Waals surface area contributed by atoms with Crippen molar-refractivity contribution in [3.8, 4) is 5.75 Å². The zero-order valence-electron chi connectivity index (χ0n) is 16.6. The maximum absolute atomic E-state index is 12.2. The zero-order chi connectivity index (χ0) is 22.1. The van der Waals surface area contributed by atoms with Crippen molar-refractivity contribution >= 4 is 20.5 Å². The molecule has 2 aliphatic heterocycles. The Morgan fingerprint density at radius 2 is 2.03 bits per heavy atom. The molecule has 3 heterocycles. The van der Waals surface area contributed by atoms with E-state index >= 15 is 0 Å². The van der Waals surface area contributed by atoms with Gasteiger partial charge in [0.1, 0.15) is 29.7 Å². The minimum absolute atomic E-state index is 0.118. The summed E-state index contributed by atoms with van der Waals surface area (Å²) in [6.45, 7) is 2.70. The van der Waals surface area contributed by atoms with Gasteiger partial charge in [0.05, 0.1) is 6.61 Å². The van der Waals surface area contributed by atoms with Crippen molar-refractivity contribution in [3.05, 3.63) is 62.4 Å². The van der Waals surface area contributed by atoms with E-state index in [0.29, 0.717) is 16.9 Å². The number of hydrogen-bond acceptors (Lipinski definition) is 9. The van der Waals surface area contributed by atoms with E-state index in [1.807, 2.05) is 0 Å². The number of rotatable bonds is 5. The van der Waals surface area contributed by atoms with Crippen molar-refractivity contribution in [1.29, 1.82) is 0 Å². The van der Waals surface area contributed by atoms with Crippen LogP contribution in [0.25, 0.3) is 0 Å². The number of nitrogens with zero attached hydrogens (tertiary/aromatic N) is 1. The Morgan fingerprint density at radius 3 is 2.81 bits per heavy atom. The number of hydrogen-bond donors (Lipinski definition) is 1. The van der Waals surface area contributed by atoms with Crippen molar-refractivity contribution in [2.75, 3.05) is 6.61 Å². The second-order valence-electron chi connectivity index (χ2n) is 6.98. The summed E-state index contributed by atoms with van der Waals surface area (Å²) < 4.78 is 28.8. The first kappa shape index (κ1) is 21.2. The molecule has 11 nitrogen and oxygen atoms in total. The summed E-state index contributed by atoms with van der Waals surface area (Å²) >= 11 is 0. The number of ether oxygens (including phenoxy) is 2. The molecule has 2 aromatic rings. The van der Waals surface area contributed by atoms with Crippen molar-refractivity contribution < 1.29 is 32.6 Å². The Morgan fingerprint density at radius 1 is 1.26 bits per heavy atom. The van der Waals surface area contributed by atoms with E-state index < -0.39 is 50.2 Å². The average Bonchev–Trinajstić information content (AvgIpc) is 3.11. The summed E-state index contributed by atoms with van der Waals surface area (Å²) in [6.07, 6.45) is -0.711. The zero-order valence-corrected chi connectivity index (χ0v) is 17.5. The van der Waals surface area contributed by atoms with Crippen LogP contribution in [0.5, 0.6) is 5.75 Å². The number of carbonyl (C=O) groups excluding carboxylic acids is 2. The van der Waals surface area contributed by atoms with Gasteiger partial charge in [0.2, 0.25) is 0 Å². The van der Waals surface area contributed by atoms with Crippen LogP contribution in [-0.2, 0) is 23.3 Å². The fourth-order valence-corrected chi connectivity index (χ4v) is 4.24. The van der Waals surface area contributed by atoms with Gasteiger partial charge in [-0.25, -0.2) is 9.59 Å². The summed E-state index contributed by atoms with van der Waals surface area (Å²) in [6, 6.07) is 6.61. The Bertz CT molecular complexity index is 1130. The highest BCUT2D eigenvalue weighted by Crippen LogP contribution is 2.47. The number of aryl methyl sites for hydroxylation is 1. The molecule has 0 radical (unpaired) electrons. The molecule has 1 N–H and O–H groups in total. The van der Waals surface area contributed by atoms with Crippen LogP contribution >= 0.6 is 8.60 Å². The number of nitrogens with one attached hydrogen (secondary N) is 1. The molecule has 164 valence electrons. The van der Waals surface area contributed by atoms with E-state index in [1.165, 1.54) is 17.7 Å². The van der Waals surface area contributed by atoms with Gasteiger partial charge in [-0.1, -0.05) is 12.1 Å². The third-order valence-corrected chi connectivity index (χ3v) is 5.76. The molecule has 0 bridgehead atoms. The Hall–Kier alpha value is -3.01. The van der Waals surface area contributed by atoms with E-state index in [-0.39, 0.29) is 13.0 Å². The highest BCUT2D eigenvalue weighted by atomic mass is 31.2. The Kier molecular flexibility index (Phi) is 5.90. The number of fused-ring (bicyclic) bond motifs is 1. The van der Waals surface area contributed by atoms with Gasteiger partial charge in [-0.2, -0.15) is 0 Å². The maximum atomic E-state index is 12.2. The summed E-state index contributed by atoms with van der Waals surface area (Å²) in [7, 11) is -2.02. The van der Waals surface area contributed by atoms with Crippen molar-refractivity contribution in [2.45, 2.75) is 38.7 Å². The van der Waals surface area contributed by atoms with E-state index in [0.717, 1.165) is 0 Å². The lowest BCUT2D eigenvalue weighted by atomic mass is 10.2. The third-order valence-electron chi connectivity index (χ3n) is 4.74. The van der Waals surface area contributed by atoms with Crippen LogP contribution < -0.4 is 15.8 Å². The molecular weight excluding hydrogens is 431 g/mol. The number of H-pyrrole nitrogens is 1. The van der Waals surface area contributed by atoms with Crippen LogP contribution in [0.1, 0.15) is 35.5 Å². The predicted octanol–water partition coefficient (Wildman–Crippen LogP) is 1.56. The van der Waals surface area contributed by atoms with Gasteiger partial charge in [-0.3, -0.25) is 23.7 Å². The number of para-hydroxylation sites is 1. The summed E-state index contributed by atoms with van der Waals surface area (Å²) in [5, 5.41) is 0.